The van der Waals surface area contributed by atoms with E-state index in [4.69, 9.17) is 9.73 Å². The predicted octanol–water partition coefficient (Wildman–Crippen LogP) is 1.72. The lowest BCUT2D eigenvalue weighted by molar-refractivity contribution is -0.00683. The molecule has 0 aliphatic carbocycles. The van der Waals surface area contributed by atoms with Gasteiger partial charge in [-0.1, -0.05) is 6.08 Å². The number of nitrogens with one attached hydrogen (secondary N) is 2. The van der Waals surface area contributed by atoms with Gasteiger partial charge in [0.25, 0.3) is 0 Å². The summed E-state index contributed by atoms with van der Waals surface area (Å²) in [5, 5.41) is 6.70. The highest BCUT2D eigenvalue weighted by Gasteiger charge is 2.28. The molecule has 0 atom stereocenters. The van der Waals surface area contributed by atoms with Crippen LogP contribution in [-0.4, -0.2) is 71.9 Å². The van der Waals surface area contributed by atoms with Gasteiger partial charge in [0, 0.05) is 50.7 Å². The zero-order valence-electron chi connectivity index (χ0n) is 16.0. The van der Waals surface area contributed by atoms with Crippen molar-refractivity contribution in [2.45, 2.75) is 32.4 Å². The van der Waals surface area contributed by atoms with Crippen LogP contribution >= 0.6 is 24.0 Å². The Hall–Kier alpha value is -1.13. The van der Waals surface area contributed by atoms with Crippen molar-refractivity contribution in [3.63, 3.8) is 0 Å². The number of morpholine rings is 1. The summed E-state index contributed by atoms with van der Waals surface area (Å²) in [6, 6.07) is 0. The zero-order chi connectivity index (χ0) is 18.0. The molecule has 1 aliphatic rings. The van der Waals surface area contributed by atoms with Crippen LogP contribution in [0.15, 0.2) is 36.4 Å². The number of imidazole rings is 1. The lowest BCUT2D eigenvalue weighted by Gasteiger charge is -2.39. The minimum absolute atomic E-state index is 0. The molecule has 0 spiro atoms. The molecule has 0 radical (unpaired) electrons. The lowest BCUT2D eigenvalue weighted by atomic mass is 10.0. The Morgan fingerprint density at radius 2 is 2.12 bits per heavy atom. The van der Waals surface area contributed by atoms with Crippen molar-refractivity contribution in [2.24, 2.45) is 4.99 Å². The second-order valence-corrected chi connectivity index (χ2v) is 6.83. The summed E-state index contributed by atoms with van der Waals surface area (Å²) < 4.78 is 7.53. The number of aliphatic imine (C=N–C) groups is 1. The average molecular weight is 476 g/mol. The van der Waals surface area contributed by atoms with Gasteiger partial charge in [-0.2, -0.15) is 0 Å². The quantitative estimate of drug-likeness (QED) is 0.187. The summed E-state index contributed by atoms with van der Waals surface area (Å²) in [5.74, 6) is 0.840. The Bertz CT molecular complexity index is 526. The van der Waals surface area contributed by atoms with E-state index in [2.05, 4.69) is 45.5 Å². The first-order chi connectivity index (χ1) is 12.1. The van der Waals surface area contributed by atoms with E-state index >= 15 is 0 Å². The maximum atomic E-state index is 5.45. The van der Waals surface area contributed by atoms with Crippen molar-refractivity contribution in [3.05, 3.63) is 31.4 Å². The Balaban J connectivity index is 0.00000338. The number of aryl methyl sites for hydroxylation is 1. The molecular formula is C18H33IN6O. The zero-order valence-corrected chi connectivity index (χ0v) is 18.3. The first-order valence-corrected chi connectivity index (χ1v) is 9.03. The molecule has 0 aromatic carbocycles. The third-order valence-electron chi connectivity index (χ3n) is 4.35. The highest BCUT2D eigenvalue weighted by atomic mass is 127. The molecule has 1 aliphatic heterocycles. The van der Waals surface area contributed by atoms with Crippen molar-refractivity contribution in [3.8, 4) is 0 Å². The number of hydrogen-bond acceptors (Lipinski definition) is 4. The van der Waals surface area contributed by atoms with Crippen LogP contribution in [0.2, 0.25) is 0 Å². The van der Waals surface area contributed by atoms with Gasteiger partial charge < -0.3 is 19.9 Å². The van der Waals surface area contributed by atoms with Crippen molar-refractivity contribution in [1.29, 1.82) is 0 Å². The molecule has 1 aromatic rings. The molecule has 2 rings (SSSR count). The fourth-order valence-corrected chi connectivity index (χ4v) is 2.77. The largest absolute Gasteiger partial charge is 0.379 e. The molecule has 1 fully saturated rings. The fraction of sp³-hybridized carbons (Fsp3) is 0.667. The molecule has 1 aromatic heterocycles. The van der Waals surface area contributed by atoms with Gasteiger partial charge in [-0.3, -0.25) is 9.89 Å². The van der Waals surface area contributed by atoms with E-state index in [9.17, 15) is 0 Å². The number of rotatable bonds is 9. The van der Waals surface area contributed by atoms with E-state index in [1.54, 1.807) is 6.20 Å². The Morgan fingerprint density at radius 3 is 2.77 bits per heavy atom. The van der Waals surface area contributed by atoms with Crippen LogP contribution in [0.1, 0.15) is 20.3 Å². The minimum Gasteiger partial charge on any atom is -0.379 e. The summed E-state index contributed by atoms with van der Waals surface area (Å²) >= 11 is 0. The SMILES string of the molecule is C=CCNC(=NCC(C)(C)N1CCOCC1)NCCCn1ccnc1.I. The van der Waals surface area contributed by atoms with Gasteiger partial charge in [-0.05, 0) is 20.3 Å². The molecule has 2 heterocycles. The lowest BCUT2D eigenvalue weighted by Crippen LogP contribution is -2.52. The summed E-state index contributed by atoms with van der Waals surface area (Å²) in [6.07, 6.45) is 8.49. The molecule has 2 N–H and O–H groups in total. The average Bonchev–Trinajstić information content (AvgIpc) is 3.14. The monoisotopic (exact) mass is 476 g/mol. The number of ether oxygens (including phenoxy) is 1. The number of nitrogens with zero attached hydrogens (tertiary/aromatic N) is 4. The van der Waals surface area contributed by atoms with E-state index in [0.29, 0.717) is 6.54 Å². The number of halogens is 1. The second kappa shape index (κ2) is 12.3. The fourth-order valence-electron chi connectivity index (χ4n) is 2.77. The molecule has 8 heteroatoms. The van der Waals surface area contributed by atoms with Gasteiger partial charge in [0.1, 0.15) is 0 Å². The predicted molar refractivity (Wildman–Crippen MR) is 117 cm³/mol. The summed E-state index contributed by atoms with van der Waals surface area (Å²) in [6.45, 7) is 15.0. The van der Waals surface area contributed by atoms with Crippen molar-refractivity contribution in [1.82, 2.24) is 25.1 Å². The third kappa shape index (κ3) is 8.05. The molecule has 26 heavy (non-hydrogen) atoms. The number of guanidine groups is 1. The molecule has 148 valence electrons. The molecule has 1 saturated heterocycles. The number of aromatic nitrogens is 2. The van der Waals surface area contributed by atoms with Gasteiger partial charge in [0.05, 0.1) is 26.1 Å². The van der Waals surface area contributed by atoms with Crippen molar-refractivity contribution in [2.75, 3.05) is 45.9 Å². The number of hydrogen-bond donors (Lipinski definition) is 2. The van der Waals surface area contributed by atoms with Gasteiger partial charge in [0.2, 0.25) is 0 Å². The Labute approximate surface area is 174 Å². The summed E-state index contributed by atoms with van der Waals surface area (Å²) in [7, 11) is 0. The van der Waals surface area contributed by atoms with E-state index in [1.807, 2.05) is 18.6 Å². The third-order valence-corrected chi connectivity index (χ3v) is 4.35. The summed E-state index contributed by atoms with van der Waals surface area (Å²) in [4.78, 5) is 11.3. The van der Waals surface area contributed by atoms with Crippen LogP contribution in [0.25, 0.3) is 0 Å². The van der Waals surface area contributed by atoms with Crippen LogP contribution < -0.4 is 10.6 Å². The van der Waals surface area contributed by atoms with Gasteiger partial charge in [0.15, 0.2) is 5.96 Å². The maximum absolute atomic E-state index is 5.45. The smallest absolute Gasteiger partial charge is 0.191 e. The first-order valence-electron chi connectivity index (χ1n) is 9.03. The minimum atomic E-state index is 0. The highest BCUT2D eigenvalue weighted by Crippen LogP contribution is 2.16. The van der Waals surface area contributed by atoms with Gasteiger partial charge in [-0.25, -0.2) is 4.98 Å². The summed E-state index contributed by atoms with van der Waals surface area (Å²) in [5.41, 5.74) is 0.0172. The topological polar surface area (TPSA) is 66.7 Å². The van der Waals surface area contributed by atoms with E-state index < -0.39 is 0 Å². The van der Waals surface area contributed by atoms with E-state index in [0.717, 1.165) is 58.3 Å². The molecule has 0 unspecified atom stereocenters. The van der Waals surface area contributed by atoms with Gasteiger partial charge in [-0.15, -0.1) is 30.6 Å². The van der Waals surface area contributed by atoms with Gasteiger partial charge >= 0.3 is 0 Å². The van der Waals surface area contributed by atoms with Crippen LogP contribution in [-0.2, 0) is 11.3 Å². The molecule has 0 amide bonds. The van der Waals surface area contributed by atoms with Crippen LogP contribution in [0.5, 0.6) is 0 Å². The molecule has 0 saturated carbocycles. The second-order valence-electron chi connectivity index (χ2n) is 6.83. The first kappa shape index (κ1) is 22.9. The Morgan fingerprint density at radius 1 is 1.35 bits per heavy atom. The highest BCUT2D eigenvalue weighted by molar-refractivity contribution is 14.0. The molecule has 7 nitrogen and oxygen atoms in total. The van der Waals surface area contributed by atoms with Crippen LogP contribution in [0.3, 0.4) is 0 Å². The van der Waals surface area contributed by atoms with Crippen LogP contribution in [0, 0.1) is 0 Å². The van der Waals surface area contributed by atoms with Crippen LogP contribution in [0.4, 0.5) is 0 Å². The van der Waals surface area contributed by atoms with E-state index in [-0.39, 0.29) is 29.5 Å². The maximum Gasteiger partial charge on any atom is 0.191 e. The Kier molecular flexibility index (Phi) is 10.8. The van der Waals surface area contributed by atoms with E-state index in [1.165, 1.54) is 0 Å². The molecular weight excluding hydrogens is 443 g/mol. The normalized spacial score (nSPS) is 16.0. The standard InChI is InChI=1S/C18H32N6O.HI/c1-4-6-20-17(21-7-5-9-23-10-8-19-16-23)22-15-18(2,3)24-11-13-25-14-12-24;/h4,8,10,16H,1,5-7,9,11-15H2,2-3H3,(H2,20,21,22);1H. The van der Waals surface area contributed by atoms with Crippen molar-refractivity contribution < 1.29 is 4.74 Å². The van der Waals surface area contributed by atoms with Crippen molar-refractivity contribution >= 4 is 29.9 Å². The molecule has 0 bridgehead atoms.